The van der Waals surface area contributed by atoms with Gasteiger partial charge in [-0.05, 0) is 37.5 Å². The maximum absolute atomic E-state index is 11.0. The Hall–Kier alpha value is -1.84. The average molecular weight is 258 g/mol. The Morgan fingerprint density at radius 1 is 1.47 bits per heavy atom. The van der Waals surface area contributed by atoms with Gasteiger partial charge in [0.1, 0.15) is 5.82 Å². The third kappa shape index (κ3) is 1.91. The summed E-state index contributed by atoms with van der Waals surface area (Å²) in [5, 5.41) is 9.08. The van der Waals surface area contributed by atoms with Gasteiger partial charge >= 0.3 is 5.97 Å². The zero-order valence-corrected chi connectivity index (χ0v) is 11.3. The first kappa shape index (κ1) is 12.2. The van der Waals surface area contributed by atoms with Gasteiger partial charge in [0, 0.05) is 13.0 Å². The lowest BCUT2D eigenvalue weighted by atomic mass is 9.85. The molecule has 1 fully saturated rings. The third-order valence-electron chi connectivity index (χ3n) is 4.28. The fourth-order valence-corrected chi connectivity index (χ4v) is 2.68. The number of fused-ring (bicyclic) bond motifs is 1. The molecule has 1 aliphatic carbocycles. The summed E-state index contributed by atoms with van der Waals surface area (Å²) in [6.45, 7) is 1.71. The van der Waals surface area contributed by atoms with E-state index in [1.165, 1.54) is 19.3 Å². The first-order valence-corrected chi connectivity index (χ1v) is 6.77. The minimum atomic E-state index is -0.797. The van der Waals surface area contributed by atoms with Crippen molar-refractivity contribution in [2.45, 2.75) is 38.0 Å². The van der Waals surface area contributed by atoms with E-state index in [1.54, 1.807) is 6.92 Å². The summed E-state index contributed by atoms with van der Waals surface area (Å²) in [7, 11) is 2.04. The second-order valence-corrected chi connectivity index (χ2v) is 5.46. The maximum Gasteiger partial charge on any atom is 0.310 e. The van der Waals surface area contributed by atoms with Crippen molar-refractivity contribution in [2.24, 2.45) is 7.05 Å². The molecule has 1 atom stereocenters. The van der Waals surface area contributed by atoms with Crippen LogP contribution in [0, 0.1) is 0 Å². The Bertz CT molecular complexity index is 641. The molecular weight excluding hydrogens is 240 g/mol. The Balaban J connectivity index is 2.06. The fraction of sp³-hybridized carbons (Fsp3) is 0.467. The molecular formula is C15H18N2O2. The van der Waals surface area contributed by atoms with Gasteiger partial charge in [-0.3, -0.25) is 4.79 Å². The van der Waals surface area contributed by atoms with E-state index in [1.807, 2.05) is 25.2 Å². The molecule has 3 rings (SSSR count). The molecule has 0 aliphatic heterocycles. The number of carbonyl (C=O) groups is 1. The maximum atomic E-state index is 11.0. The van der Waals surface area contributed by atoms with Crippen molar-refractivity contribution >= 4 is 17.0 Å². The van der Waals surface area contributed by atoms with Crippen LogP contribution in [0.2, 0.25) is 0 Å². The van der Waals surface area contributed by atoms with Crippen LogP contribution in [0.5, 0.6) is 0 Å². The van der Waals surface area contributed by atoms with E-state index in [-0.39, 0.29) is 0 Å². The van der Waals surface area contributed by atoms with E-state index in [0.29, 0.717) is 5.92 Å². The van der Waals surface area contributed by atoms with E-state index in [2.05, 4.69) is 4.57 Å². The highest BCUT2D eigenvalue weighted by atomic mass is 16.4. The summed E-state index contributed by atoms with van der Waals surface area (Å²) in [4.78, 5) is 15.8. The molecule has 2 aromatic rings. The van der Waals surface area contributed by atoms with E-state index in [4.69, 9.17) is 10.1 Å². The number of imidazole rings is 1. The van der Waals surface area contributed by atoms with E-state index < -0.39 is 11.9 Å². The SMILES string of the molecule is CC(C(=O)O)c1ccc2c(c1)nc(C1CCC1)n2C. The van der Waals surface area contributed by atoms with Crippen LogP contribution >= 0.6 is 0 Å². The summed E-state index contributed by atoms with van der Waals surface area (Å²) in [6.07, 6.45) is 3.72. The number of hydrogen-bond acceptors (Lipinski definition) is 2. The highest BCUT2D eigenvalue weighted by Gasteiger charge is 2.25. The molecule has 0 radical (unpaired) electrons. The molecule has 1 N–H and O–H groups in total. The molecule has 4 nitrogen and oxygen atoms in total. The number of carboxylic acid groups (broad SMARTS) is 1. The Morgan fingerprint density at radius 3 is 2.79 bits per heavy atom. The molecule has 0 saturated heterocycles. The second kappa shape index (κ2) is 4.37. The molecule has 1 saturated carbocycles. The van der Waals surface area contributed by atoms with Gasteiger partial charge in [-0.25, -0.2) is 4.98 Å². The molecule has 1 aliphatic rings. The number of aryl methyl sites for hydroxylation is 1. The fourth-order valence-electron chi connectivity index (χ4n) is 2.68. The molecule has 1 unspecified atom stereocenters. The average Bonchev–Trinajstić information content (AvgIpc) is 2.63. The zero-order valence-electron chi connectivity index (χ0n) is 11.3. The van der Waals surface area contributed by atoms with Crippen LogP contribution in [0.1, 0.15) is 49.4 Å². The molecule has 19 heavy (non-hydrogen) atoms. The first-order chi connectivity index (χ1) is 9.08. The van der Waals surface area contributed by atoms with Crippen LogP contribution in [0.4, 0.5) is 0 Å². The number of hydrogen-bond donors (Lipinski definition) is 1. The summed E-state index contributed by atoms with van der Waals surface area (Å²) >= 11 is 0. The smallest absolute Gasteiger partial charge is 0.310 e. The largest absolute Gasteiger partial charge is 0.481 e. The van der Waals surface area contributed by atoms with Crippen molar-refractivity contribution in [2.75, 3.05) is 0 Å². The van der Waals surface area contributed by atoms with Crippen LogP contribution in [-0.4, -0.2) is 20.6 Å². The number of rotatable bonds is 3. The van der Waals surface area contributed by atoms with Crippen molar-refractivity contribution in [3.63, 3.8) is 0 Å². The Morgan fingerprint density at radius 2 is 2.21 bits per heavy atom. The molecule has 1 heterocycles. The lowest BCUT2D eigenvalue weighted by molar-refractivity contribution is -0.138. The predicted molar refractivity (Wildman–Crippen MR) is 73.4 cm³/mol. The first-order valence-electron chi connectivity index (χ1n) is 6.77. The van der Waals surface area contributed by atoms with E-state index in [0.717, 1.165) is 22.4 Å². The summed E-state index contributed by atoms with van der Waals surface area (Å²) < 4.78 is 2.15. The van der Waals surface area contributed by atoms with Crippen LogP contribution in [0.15, 0.2) is 18.2 Å². The summed E-state index contributed by atoms with van der Waals surface area (Å²) in [5.41, 5.74) is 2.82. The van der Waals surface area contributed by atoms with Crippen LogP contribution < -0.4 is 0 Å². The molecule has 0 bridgehead atoms. The summed E-state index contributed by atoms with van der Waals surface area (Å²) in [6, 6.07) is 5.79. The molecule has 0 amide bonds. The number of aliphatic carboxylic acids is 1. The van der Waals surface area contributed by atoms with E-state index in [9.17, 15) is 4.79 Å². The van der Waals surface area contributed by atoms with Gasteiger partial charge in [0.15, 0.2) is 0 Å². The number of benzene rings is 1. The summed E-state index contributed by atoms with van der Waals surface area (Å²) in [5.74, 6) is 0.437. The number of nitrogens with zero attached hydrogens (tertiary/aromatic N) is 2. The van der Waals surface area contributed by atoms with Crippen molar-refractivity contribution in [3.05, 3.63) is 29.6 Å². The van der Waals surface area contributed by atoms with Gasteiger partial charge in [0.05, 0.1) is 17.0 Å². The molecule has 100 valence electrons. The lowest BCUT2D eigenvalue weighted by Gasteiger charge is -2.24. The molecule has 0 spiro atoms. The monoisotopic (exact) mass is 258 g/mol. The highest BCUT2D eigenvalue weighted by Crippen LogP contribution is 2.37. The lowest BCUT2D eigenvalue weighted by Crippen LogP contribution is -2.13. The van der Waals surface area contributed by atoms with Crippen molar-refractivity contribution in [1.82, 2.24) is 9.55 Å². The van der Waals surface area contributed by atoms with Crippen molar-refractivity contribution in [1.29, 1.82) is 0 Å². The number of carboxylic acids is 1. The minimum absolute atomic E-state index is 0.487. The van der Waals surface area contributed by atoms with Crippen LogP contribution in [-0.2, 0) is 11.8 Å². The van der Waals surface area contributed by atoms with Crippen molar-refractivity contribution < 1.29 is 9.90 Å². The minimum Gasteiger partial charge on any atom is -0.481 e. The van der Waals surface area contributed by atoms with Gasteiger partial charge < -0.3 is 9.67 Å². The third-order valence-corrected chi connectivity index (χ3v) is 4.28. The van der Waals surface area contributed by atoms with Gasteiger partial charge in [-0.1, -0.05) is 12.5 Å². The predicted octanol–water partition coefficient (Wildman–Crippen LogP) is 3.03. The molecule has 4 heteroatoms. The van der Waals surface area contributed by atoms with Gasteiger partial charge in [-0.2, -0.15) is 0 Å². The van der Waals surface area contributed by atoms with Gasteiger partial charge in [0.2, 0.25) is 0 Å². The van der Waals surface area contributed by atoms with Crippen LogP contribution in [0.3, 0.4) is 0 Å². The zero-order chi connectivity index (χ0) is 13.6. The van der Waals surface area contributed by atoms with Crippen LogP contribution in [0.25, 0.3) is 11.0 Å². The van der Waals surface area contributed by atoms with Crippen molar-refractivity contribution in [3.8, 4) is 0 Å². The van der Waals surface area contributed by atoms with Gasteiger partial charge in [0.25, 0.3) is 0 Å². The quantitative estimate of drug-likeness (QED) is 0.920. The topological polar surface area (TPSA) is 55.1 Å². The Labute approximate surface area is 112 Å². The molecule has 1 aromatic heterocycles. The standard InChI is InChI=1S/C15H18N2O2/c1-9(15(18)19)11-6-7-13-12(8-11)16-14(17(13)2)10-4-3-5-10/h6-10H,3-5H2,1-2H3,(H,18,19). The highest BCUT2D eigenvalue weighted by molar-refractivity contribution is 5.81. The Kier molecular flexibility index (Phi) is 2.81. The van der Waals surface area contributed by atoms with E-state index >= 15 is 0 Å². The van der Waals surface area contributed by atoms with Gasteiger partial charge in [-0.15, -0.1) is 0 Å². The second-order valence-electron chi connectivity index (χ2n) is 5.46. The molecule has 1 aromatic carbocycles. The normalized spacial score (nSPS) is 17.4. The number of aromatic nitrogens is 2.